The van der Waals surface area contributed by atoms with Crippen molar-refractivity contribution in [2.75, 3.05) is 13.2 Å². The highest BCUT2D eigenvalue weighted by Crippen LogP contribution is 2.27. The van der Waals surface area contributed by atoms with Crippen LogP contribution in [0, 0.1) is 0 Å². The third-order valence-corrected chi connectivity index (χ3v) is 5.55. The molecular weight excluding hydrogens is 384 g/mol. The van der Waals surface area contributed by atoms with E-state index in [4.69, 9.17) is 18.9 Å². The van der Waals surface area contributed by atoms with Crippen molar-refractivity contribution in [3.8, 4) is 0 Å². The van der Waals surface area contributed by atoms with E-state index < -0.39 is 12.2 Å². The molecule has 0 unspecified atom stereocenters. The Labute approximate surface area is 177 Å². The van der Waals surface area contributed by atoms with Crippen molar-refractivity contribution >= 4 is 0 Å². The summed E-state index contributed by atoms with van der Waals surface area (Å²) in [6.07, 6.45) is -1.76. The molecule has 0 aromatic heterocycles. The van der Waals surface area contributed by atoms with Crippen LogP contribution >= 0.6 is 0 Å². The van der Waals surface area contributed by atoms with Gasteiger partial charge in [-0.25, -0.2) is 0 Å². The van der Waals surface area contributed by atoms with E-state index in [0.29, 0.717) is 39.3 Å². The monoisotopic (exact) mass is 414 g/mol. The molecule has 0 spiro atoms. The number of epoxide rings is 2. The zero-order chi connectivity index (χ0) is 20.8. The summed E-state index contributed by atoms with van der Waals surface area (Å²) in [5, 5.41) is 21.2. The first-order valence-corrected chi connectivity index (χ1v) is 10.6. The lowest BCUT2D eigenvalue weighted by Crippen LogP contribution is -2.37. The Kier molecular flexibility index (Phi) is 7.49. The SMILES string of the molecule is O[C@@H](C[C@H](OCc1ccccc1)[C@H]1CO1)[C@@H](O)C[C@H](OCc1ccccc1)[C@H]1CO1. The highest BCUT2D eigenvalue weighted by atomic mass is 16.6. The number of aliphatic hydroxyl groups is 2. The molecule has 2 aromatic rings. The Hall–Kier alpha value is -1.80. The topological polar surface area (TPSA) is 84.0 Å². The second-order valence-electron chi connectivity index (χ2n) is 8.02. The predicted octanol–water partition coefficient (Wildman–Crippen LogP) is 2.46. The van der Waals surface area contributed by atoms with Gasteiger partial charge in [0.05, 0.1) is 50.8 Å². The third kappa shape index (κ3) is 6.60. The summed E-state index contributed by atoms with van der Waals surface area (Å²) in [6, 6.07) is 19.8. The molecule has 6 nitrogen and oxygen atoms in total. The number of hydrogen-bond donors (Lipinski definition) is 2. The van der Waals surface area contributed by atoms with Gasteiger partial charge in [-0.05, 0) is 11.1 Å². The Morgan fingerprint density at radius 2 is 1.07 bits per heavy atom. The predicted molar refractivity (Wildman–Crippen MR) is 111 cm³/mol. The minimum Gasteiger partial charge on any atom is -0.390 e. The largest absolute Gasteiger partial charge is 0.390 e. The lowest BCUT2D eigenvalue weighted by Gasteiger charge is -2.26. The Balaban J connectivity index is 1.26. The highest BCUT2D eigenvalue weighted by molar-refractivity contribution is 5.14. The van der Waals surface area contributed by atoms with Gasteiger partial charge in [-0.3, -0.25) is 0 Å². The maximum atomic E-state index is 10.6. The average Bonchev–Trinajstić information content (AvgIpc) is 3.68. The van der Waals surface area contributed by atoms with Gasteiger partial charge in [0, 0.05) is 12.8 Å². The van der Waals surface area contributed by atoms with Crippen LogP contribution in [0.15, 0.2) is 60.7 Å². The van der Waals surface area contributed by atoms with Crippen LogP contribution in [0.3, 0.4) is 0 Å². The summed E-state index contributed by atoms with van der Waals surface area (Å²) in [6.45, 7) is 2.15. The molecule has 0 aliphatic carbocycles. The summed E-state index contributed by atoms with van der Waals surface area (Å²) < 4.78 is 22.8. The van der Waals surface area contributed by atoms with Crippen LogP contribution in [0.25, 0.3) is 0 Å². The van der Waals surface area contributed by atoms with Crippen LogP contribution in [0.4, 0.5) is 0 Å². The molecule has 2 N–H and O–H groups in total. The normalized spacial score (nSPS) is 24.1. The number of hydrogen-bond acceptors (Lipinski definition) is 6. The van der Waals surface area contributed by atoms with Crippen molar-refractivity contribution in [2.24, 2.45) is 0 Å². The molecule has 6 atom stereocenters. The quantitative estimate of drug-likeness (QED) is 0.490. The molecule has 2 heterocycles. The molecule has 4 rings (SSSR count). The highest BCUT2D eigenvalue weighted by Gasteiger charge is 2.39. The zero-order valence-corrected chi connectivity index (χ0v) is 17.0. The van der Waals surface area contributed by atoms with Crippen LogP contribution in [-0.2, 0) is 32.2 Å². The zero-order valence-electron chi connectivity index (χ0n) is 17.0. The molecule has 2 aliphatic heterocycles. The van der Waals surface area contributed by atoms with Crippen molar-refractivity contribution in [2.45, 2.75) is 62.7 Å². The van der Waals surface area contributed by atoms with Crippen molar-refractivity contribution in [3.63, 3.8) is 0 Å². The van der Waals surface area contributed by atoms with E-state index in [2.05, 4.69) is 0 Å². The standard InChI is InChI=1S/C24H30O6/c25-19(11-21(23-15-29-23)27-13-17-7-3-1-4-8-17)20(26)12-22(24-16-30-24)28-14-18-9-5-2-6-10-18/h1-10,19-26H,11-16H2/t19-,20-,21-,22-,23+,24+/m0/s1. The van der Waals surface area contributed by atoms with Crippen LogP contribution in [0.2, 0.25) is 0 Å². The van der Waals surface area contributed by atoms with Gasteiger partial charge in [0.15, 0.2) is 0 Å². The lowest BCUT2D eigenvalue weighted by molar-refractivity contribution is -0.0729. The Morgan fingerprint density at radius 3 is 1.40 bits per heavy atom. The van der Waals surface area contributed by atoms with Gasteiger partial charge in [-0.1, -0.05) is 60.7 Å². The molecule has 2 fully saturated rings. The first-order chi connectivity index (χ1) is 14.7. The molecule has 162 valence electrons. The van der Waals surface area contributed by atoms with E-state index in [1.54, 1.807) is 0 Å². The van der Waals surface area contributed by atoms with E-state index in [9.17, 15) is 10.2 Å². The summed E-state index contributed by atoms with van der Waals surface area (Å²) in [5.74, 6) is 0. The van der Waals surface area contributed by atoms with E-state index >= 15 is 0 Å². The molecule has 0 bridgehead atoms. The van der Waals surface area contributed by atoms with Crippen LogP contribution < -0.4 is 0 Å². The Morgan fingerprint density at radius 1 is 0.700 bits per heavy atom. The smallest absolute Gasteiger partial charge is 0.107 e. The second-order valence-corrected chi connectivity index (χ2v) is 8.02. The fraction of sp³-hybridized carbons (Fsp3) is 0.500. The van der Waals surface area contributed by atoms with Gasteiger partial charge in [0.1, 0.15) is 12.2 Å². The van der Waals surface area contributed by atoms with E-state index in [1.807, 2.05) is 60.7 Å². The molecule has 0 radical (unpaired) electrons. The van der Waals surface area contributed by atoms with Crippen molar-refractivity contribution < 1.29 is 29.2 Å². The van der Waals surface area contributed by atoms with Gasteiger partial charge >= 0.3 is 0 Å². The van der Waals surface area contributed by atoms with Crippen molar-refractivity contribution in [3.05, 3.63) is 71.8 Å². The maximum absolute atomic E-state index is 10.6. The first kappa shape index (κ1) is 21.4. The summed E-state index contributed by atoms with van der Waals surface area (Å²) in [5.41, 5.74) is 2.14. The minimum atomic E-state index is -0.920. The van der Waals surface area contributed by atoms with E-state index in [1.165, 1.54) is 0 Å². The molecule has 2 aliphatic rings. The van der Waals surface area contributed by atoms with Gasteiger partial charge in [0.25, 0.3) is 0 Å². The molecule has 30 heavy (non-hydrogen) atoms. The number of rotatable bonds is 13. The fourth-order valence-electron chi connectivity index (χ4n) is 3.54. The van der Waals surface area contributed by atoms with E-state index in [0.717, 1.165) is 11.1 Å². The first-order valence-electron chi connectivity index (χ1n) is 10.6. The fourth-order valence-corrected chi connectivity index (χ4v) is 3.54. The summed E-state index contributed by atoms with van der Waals surface area (Å²) >= 11 is 0. The van der Waals surface area contributed by atoms with E-state index in [-0.39, 0.29) is 24.4 Å². The van der Waals surface area contributed by atoms with Gasteiger partial charge < -0.3 is 29.2 Å². The number of aliphatic hydroxyl groups excluding tert-OH is 2. The third-order valence-electron chi connectivity index (χ3n) is 5.55. The van der Waals surface area contributed by atoms with Gasteiger partial charge in [-0.15, -0.1) is 0 Å². The molecule has 2 saturated heterocycles. The Bertz CT molecular complexity index is 681. The van der Waals surface area contributed by atoms with Crippen molar-refractivity contribution in [1.82, 2.24) is 0 Å². The van der Waals surface area contributed by atoms with Crippen LogP contribution in [0.5, 0.6) is 0 Å². The van der Waals surface area contributed by atoms with Gasteiger partial charge in [-0.2, -0.15) is 0 Å². The summed E-state index contributed by atoms with van der Waals surface area (Å²) in [7, 11) is 0. The van der Waals surface area contributed by atoms with Crippen LogP contribution in [-0.4, -0.2) is 60.1 Å². The second kappa shape index (κ2) is 10.5. The molecule has 0 saturated carbocycles. The molecule has 0 amide bonds. The summed E-state index contributed by atoms with van der Waals surface area (Å²) in [4.78, 5) is 0. The molecule has 2 aromatic carbocycles. The number of ether oxygens (including phenoxy) is 4. The maximum Gasteiger partial charge on any atom is 0.107 e. The minimum absolute atomic E-state index is 0.0209. The lowest BCUT2D eigenvalue weighted by atomic mass is 9.99. The molecule has 6 heteroatoms. The van der Waals surface area contributed by atoms with Crippen molar-refractivity contribution in [1.29, 1.82) is 0 Å². The van der Waals surface area contributed by atoms with Crippen LogP contribution in [0.1, 0.15) is 24.0 Å². The molecular formula is C24H30O6. The number of benzene rings is 2. The van der Waals surface area contributed by atoms with Gasteiger partial charge in [0.2, 0.25) is 0 Å². The average molecular weight is 414 g/mol.